The Balaban J connectivity index is 1.91. The minimum absolute atomic E-state index is 0.859. The van der Waals surface area contributed by atoms with Crippen LogP contribution >= 0.6 is 43.6 Å². The van der Waals surface area contributed by atoms with Crippen LogP contribution < -0.4 is 9.64 Å². The number of rotatable bonds is 2. The number of benzene rings is 3. The molecule has 2 nitrogen and oxygen atoms in total. The van der Waals surface area contributed by atoms with Gasteiger partial charge in [0.05, 0.1) is 18.5 Å². The lowest BCUT2D eigenvalue weighted by atomic mass is 10.2. The Morgan fingerprint density at radius 3 is 1.83 bits per heavy atom. The van der Waals surface area contributed by atoms with E-state index < -0.39 is 0 Å². The summed E-state index contributed by atoms with van der Waals surface area (Å²) in [4.78, 5) is 4.75. The van der Waals surface area contributed by atoms with Gasteiger partial charge in [0.25, 0.3) is 0 Å². The summed E-state index contributed by atoms with van der Waals surface area (Å²) in [7, 11) is 1.69. The summed E-state index contributed by atoms with van der Waals surface area (Å²) in [5.74, 6) is 0.859. The first kappa shape index (κ1) is 16.1. The highest BCUT2D eigenvalue weighted by molar-refractivity contribution is 9.10. The van der Waals surface area contributed by atoms with Crippen LogP contribution in [0.5, 0.6) is 5.75 Å². The van der Waals surface area contributed by atoms with Gasteiger partial charge in [0.15, 0.2) is 0 Å². The molecular weight excluding hydrogens is 450 g/mol. The summed E-state index contributed by atoms with van der Waals surface area (Å²) < 4.78 is 7.46. The molecule has 0 N–H and O–H groups in total. The zero-order valence-corrected chi connectivity index (χ0v) is 16.8. The van der Waals surface area contributed by atoms with E-state index in [9.17, 15) is 0 Å². The first-order chi connectivity index (χ1) is 11.7. The number of hydrogen-bond donors (Lipinski definition) is 0. The van der Waals surface area contributed by atoms with Crippen LogP contribution in [-0.2, 0) is 0 Å². The minimum atomic E-state index is 0.859. The Hall–Kier alpha value is -1.43. The van der Waals surface area contributed by atoms with Gasteiger partial charge < -0.3 is 9.64 Å². The fourth-order valence-corrected chi connectivity index (χ4v) is 4.93. The van der Waals surface area contributed by atoms with Crippen molar-refractivity contribution in [2.45, 2.75) is 9.79 Å². The van der Waals surface area contributed by atoms with Crippen LogP contribution in [0.1, 0.15) is 0 Å². The smallest absolute Gasteiger partial charge is 0.119 e. The van der Waals surface area contributed by atoms with Gasteiger partial charge in [-0.2, -0.15) is 0 Å². The molecule has 1 aliphatic heterocycles. The van der Waals surface area contributed by atoms with Gasteiger partial charge in [-0.25, -0.2) is 0 Å². The minimum Gasteiger partial charge on any atom is -0.497 e. The van der Waals surface area contributed by atoms with E-state index in [1.165, 1.54) is 21.2 Å². The van der Waals surface area contributed by atoms with Crippen molar-refractivity contribution in [2.75, 3.05) is 12.0 Å². The fourth-order valence-electron chi connectivity index (χ4n) is 2.77. The fraction of sp³-hybridized carbons (Fsp3) is 0.0526. The van der Waals surface area contributed by atoms with Crippen LogP contribution in [0, 0.1) is 0 Å². The van der Waals surface area contributed by atoms with E-state index in [-0.39, 0.29) is 0 Å². The number of nitrogens with zero attached hydrogens (tertiary/aromatic N) is 1. The molecule has 0 aromatic heterocycles. The maximum atomic E-state index is 5.29. The molecule has 120 valence electrons. The second-order valence-corrected chi connectivity index (χ2v) is 8.27. The summed E-state index contributed by atoms with van der Waals surface area (Å²) in [6.07, 6.45) is 0. The Labute approximate surface area is 162 Å². The second kappa shape index (κ2) is 6.47. The van der Waals surface area contributed by atoms with Gasteiger partial charge in [-0.15, -0.1) is 0 Å². The lowest BCUT2D eigenvalue weighted by Gasteiger charge is -2.33. The summed E-state index contributed by atoms with van der Waals surface area (Å²) in [6.45, 7) is 0. The van der Waals surface area contributed by atoms with Crippen molar-refractivity contribution < 1.29 is 4.74 Å². The van der Waals surface area contributed by atoms with E-state index in [2.05, 4.69) is 85.3 Å². The number of methoxy groups -OCH3 is 1. The molecule has 4 rings (SSSR count). The normalized spacial score (nSPS) is 12.5. The van der Waals surface area contributed by atoms with E-state index in [0.717, 1.165) is 20.4 Å². The molecule has 0 radical (unpaired) electrons. The molecule has 1 aliphatic rings. The summed E-state index contributed by atoms with van der Waals surface area (Å²) >= 11 is 8.96. The number of anilines is 3. The molecular formula is C19H13Br2NOS. The highest BCUT2D eigenvalue weighted by Gasteiger charge is 2.25. The molecule has 0 bridgehead atoms. The van der Waals surface area contributed by atoms with Gasteiger partial charge in [-0.05, 0) is 60.7 Å². The number of ether oxygens (including phenoxy) is 1. The maximum Gasteiger partial charge on any atom is 0.119 e. The summed E-state index contributed by atoms with van der Waals surface area (Å²) in [5, 5.41) is 0. The molecule has 0 aliphatic carbocycles. The van der Waals surface area contributed by atoms with E-state index in [1.807, 2.05) is 12.1 Å². The lowest BCUT2D eigenvalue weighted by molar-refractivity contribution is 0.415. The molecule has 1 heterocycles. The molecule has 0 saturated carbocycles. The Morgan fingerprint density at radius 2 is 1.33 bits per heavy atom. The number of halogens is 2. The molecule has 0 saturated heterocycles. The third-order valence-corrected chi connectivity index (χ3v) is 5.96. The molecule has 24 heavy (non-hydrogen) atoms. The maximum absolute atomic E-state index is 5.29. The molecule has 5 heteroatoms. The van der Waals surface area contributed by atoms with Gasteiger partial charge in [-0.1, -0.05) is 43.6 Å². The van der Waals surface area contributed by atoms with E-state index in [1.54, 1.807) is 18.9 Å². The SMILES string of the molecule is COc1ccc(N2c3ccc(Br)cc3Sc3cc(Br)ccc32)cc1. The zero-order valence-electron chi connectivity index (χ0n) is 12.8. The first-order valence-electron chi connectivity index (χ1n) is 7.37. The van der Waals surface area contributed by atoms with Crippen molar-refractivity contribution in [3.63, 3.8) is 0 Å². The quantitative estimate of drug-likeness (QED) is 0.313. The van der Waals surface area contributed by atoms with Gasteiger partial charge in [0, 0.05) is 24.4 Å². The molecule has 0 spiro atoms. The lowest BCUT2D eigenvalue weighted by Crippen LogP contribution is -2.14. The van der Waals surface area contributed by atoms with Crippen LogP contribution in [0.4, 0.5) is 17.1 Å². The van der Waals surface area contributed by atoms with Crippen LogP contribution in [0.25, 0.3) is 0 Å². The van der Waals surface area contributed by atoms with Crippen molar-refractivity contribution in [2.24, 2.45) is 0 Å². The van der Waals surface area contributed by atoms with Crippen LogP contribution in [0.15, 0.2) is 79.4 Å². The average molecular weight is 463 g/mol. The van der Waals surface area contributed by atoms with E-state index in [4.69, 9.17) is 4.74 Å². The number of fused-ring (bicyclic) bond motifs is 2. The molecule has 3 aromatic carbocycles. The van der Waals surface area contributed by atoms with Crippen molar-refractivity contribution >= 4 is 60.7 Å². The number of hydrogen-bond acceptors (Lipinski definition) is 3. The van der Waals surface area contributed by atoms with Crippen molar-refractivity contribution in [1.82, 2.24) is 0 Å². The van der Waals surface area contributed by atoms with Crippen LogP contribution in [0.3, 0.4) is 0 Å². The Morgan fingerprint density at radius 1 is 0.792 bits per heavy atom. The first-order valence-corrected chi connectivity index (χ1v) is 9.77. The highest BCUT2D eigenvalue weighted by Crippen LogP contribution is 2.52. The van der Waals surface area contributed by atoms with Crippen LogP contribution in [-0.4, -0.2) is 7.11 Å². The van der Waals surface area contributed by atoms with Gasteiger partial charge in [0.1, 0.15) is 5.75 Å². The van der Waals surface area contributed by atoms with Gasteiger partial charge >= 0.3 is 0 Å². The molecule has 0 amide bonds. The topological polar surface area (TPSA) is 12.5 Å². The Bertz CT molecular complexity index is 860. The van der Waals surface area contributed by atoms with Crippen LogP contribution in [0.2, 0.25) is 0 Å². The predicted octanol–water partition coefficient (Wildman–Crippen LogP) is 7.15. The van der Waals surface area contributed by atoms with Gasteiger partial charge in [0.2, 0.25) is 0 Å². The monoisotopic (exact) mass is 461 g/mol. The summed E-state index contributed by atoms with van der Waals surface area (Å²) in [5.41, 5.74) is 3.48. The zero-order chi connectivity index (χ0) is 16.7. The standard InChI is InChI=1S/C19H13Br2NOS/c1-23-15-6-4-14(5-7-15)22-16-8-2-12(20)10-18(16)24-19-11-13(21)3-9-17(19)22/h2-11H,1H3. The highest BCUT2D eigenvalue weighted by atomic mass is 79.9. The van der Waals surface area contributed by atoms with Gasteiger partial charge in [-0.3, -0.25) is 0 Å². The summed E-state index contributed by atoms with van der Waals surface area (Å²) in [6, 6.07) is 21.0. The van der Waals surface area contributed by atoms with Crippen molar-refractivity contribution in [3.05, 3.63) is 69.6 Å². The molecule has 3 aromatic rings. The van der Waals surface area contributed by atoms with Crippen molar-refractivity contribution in [1.29, 1.82) is 0 Å². The van der Waals surface area contributed by atoms with Crippen molar-refractivity contribution in [3.8, 4) is 5.75 Å². The molecule has 0 atom stereocenters. The second-order valence-electron chi connectivity index (χ2n) is 5.36. The third kappa shape index (κ3) is 2.85. The molecule has 0 fully saturated rings. The largest absolute Gasteiger partial charge is 0.497 e. The van der Waals surface area contributed by atoms with E-state index in [0.29, 0.717) is 0 Å². The average Bonchev–Trinajstić information content (AvgIpc) is 2.59. The predicted molar refractivity (Wildman–Crippen MR) is 107 cm³/mol. The Kier molecular flexibility index (Phi) is 4.33. The third-order valence-electron chi connectivity index (χ3n) is 3.88. The molecule has 0 unspecified atom stereocenters. The van der Waals surface area contributed by atoms with E-state index >= 15 is 0 Å².